The van der Waals surface area contributed by atoms with Gasteiger partial charge in [0.2, 0.25) is 0 Å². The maximum absolute atomic E-state index is 13.0. The van der Waals surface area contributed by atoms with Crippen LogP contribution in [0.25, 0.3) is 0 Å². The largest absolute Gasteiger partial charge is 0.436 e. The van der Waals surface area contributed by atoms with Crippen LogP contribution in [0.2, 0.25) is 0 Å². The van der Waals surface area contributed by atoms with Crippen molar-refractivity contribution < 1.29 is 19.2 Å². The Morgan fingerprint density at radius 1 is 1.03 bits per heavy atom. The van der Waals surface area contributed by atoms with E-state index in [1.165, 1.54) is 38.5 Å². The number of aliphatic hydroxyl groups is 1. The standard InChI is InChI=1S/C32H59N4O3/c1-22(2)35(19-17-33-18-20-36(6,7)8)30(38)39-34-23(3)27-11-12-28-26-10-9-24-21-25(37)13-15-31(24,4)29(26)14-16-32(27,28)5/h22,24-29,33,37H,9-21H2,1-8H3/q+1/b34-23+/t24-,25-,26+,27-,28+,29+,31+,32-/m1/s1. The van der Waals surface area contributed by atoms with Gasteiger partial charge in [0.25, 0.3) is 0 Å². The first-order valence-corrected chi connectivity index (χ1v) is 16.0. The predicted octanol–water partition coefficient (Wildman–Crippen LogP) is 5.52. The molecule has 4 aliphatic rings. The predicted molar refractivity (Wildman–Crippen MR) is 158 cm³/mol. The van der Waals surface area contributed by atoms with E-state index in [1.807, 2.05) is 13.8 Å². The highest BCUT2D eigenvalue weighted by Gasteiger charge is 2.60. The lowest BCUT2D eigenvalue weighted by Crippen LogP contribution is -2.54. The number of carbonyl (C=O) groups is 1. The minimum atomic E-state index is -0.341. The summed E-state index contributed by atoms with van der Waals surface area (Å²) < 4.78 is 0.920. The van der Waals surface area contributed by atoms with Crippen LogP contribution in [-0.4, -0.2) is 85.8 Å². The van der Waals surface area contributed by atoms with E-state index in [9.17, 15) is 9.90 Å². The summed E-state index contributed by atoms with van der Waals surface area (Å²) in [4.78, 5) is 20.4. The molecule has 2 N–H and O–H groups in total. The highest BCUT2D eigenvalue weighted by molar-refractivity contribution is 5.85. The zero-order valence-corrected chi connectivity index (χ0v) is 26.3. The third-order valence-electron chi connectivity index (χ3n) is 11.8. The van der Waals surface area contributed by atoms with Crippen molar-refractivity contribution in [2.24, 2.45) is 45.6 Å². The van der Waals surface area contributed by atoms with Crippen molar-refractivity contribution in [2.45, 2.75) is 105 Å². The first kappa shape index (κ1) is 30.8. The van der Waals surface area contributed by atoms with Gasteiger partial charge in [-0.05, 0) is 113 Å². The molecular formula is C32H59N4O3+. The lowest BCUT2D eigenvalue weighted by Gasteiger charge is -2.61. The number of carbonyl (C=O) groups excluding carboxylic acids is 1. The molecule has 0 radical (unpaired) electrons. The molecule has 1 amide bonds. The number of rotatable bonds is 9. The fourth-order valence-electron chi connectivity index (χ4n) is 9.45. The molecular weight excluding hydrogens is 488 g/mol. The zero-order valence-electron chi connectivity index (χ0n) is 26.3. The lowest BCUT2D eigenvalue weighted by atomic mass is 9.44. The molecule has 0 bridgehead atoms. The van der Waals surface area contributed by atoms with Gasteiger partial charge in [-0.2, -0.15) is 0 Å². The Kier molecular flexibility index (Phi) is 9.45. The molecule has 39 heavy (non-hydrogen) atoms. The fourth-order valence-corrected chi connectivity index (χ4v) is 9.45. The van der Waals surface area contributed by atoms with Crippen LogP contribution in [0.5, 0.6) is 0 Å². The molecule has 4 fully saturated rings. The zero-order chi connectivity index (χ0) is 28.6. The molecule has 7 heteroatoms. The summed E-state index contributed by atoms with van der Waals surface area (Å²) in [7, 11) is 6.56. The van der Waals surface area contributed by atoms with Gasteiger partial charge in [-0.3, -0.25) is 4.84 Å². The smallest absolute Gasteiger partial charge is 0.393 e. The second-order valence-corrected chi connectivity index (χ2v) is 15.4. The molecule has 0 spiro atoms. The van der Waals surface area contributed by atoms with Crippen molar-refractivity contribution in [1.82, 2.24) is 10.2 Å². The number of nitrogens with zero attached hydrogens (tertiary/aromatic N) is 3. The highest BCUT2D eigenvalue weighted by Crippen LogP contribution is 2.67. The number of amides is 1. The van der Waals surface area contributed by atoms with Gasteiger partial charge < -0.3 is 19.8 Å². The molecule has 7 nitrogen and oxygen atoms in total. The van der Waals surface area contributed by atoms with E-state index in [0.29, 0.717) is 23.8 Å². The molecule has 4 aliphatic carbocycles. The number of oxime groups is 1. The number of fused-ring (bicyclic) bond motifs is 5. The molecule has 0 saturated heterocycles. The van der Waals surface area contributed by atoms with Crippen LogP contribution >= 0.6 is 0 Å². The van der Waals surface area contributed by atoms with E-state index >= 15 is 0 Å². The van der Waals surface area contributed by atoms with E-state index in [4.69, 9.17) is 4.84 Å². The fraction of sp³-hybridized carbons (Fsp3) is 0.938. The number of nitrogens with one attached hydrogen (secondary N) is 1. The molecule has 0 aliphatic heterocycles. The molecule has 0 heterocycles. The summed E-state index contributed by atoms with van der Waals surface area (Å²) in [6, 6.07) is 0.0641. The number of quaternary nitrogens is 1. The van der Waals surface area contributed by atoms with Gasteiger partial charge >= 0.3 is 6.09 Å². The minimum absolute atomic E-state index is 0.0641. The molecule has 8 atom stereocenters. The summed E-state index contributed by atoms with van der Waals surface area (Å²) in [5, 5.41) is 18.3. The minimum Gasteiger partial charge on any atom is -0.393 e. The topological polar surface area (TPSA) is 74.2 Å². The Morgan fingerprint density at radius 3 is 2.41 bits per heavy atom. The highest BCUT2D eigenvalue weighted by atomic mass is 16.7. The van der Waals surface area contributed by atoms with Gasteiger partial charge in [0.15, 0.2) is 0 Å². The second kappa shape index (κ2) is 12.0. The number of aliphatic hydroxyl groups excluding tert-OH is 1. The average molecular weight is 548 g/mol. The SMILES string of the molecule is C/C(=N\OC(=O)N(CCNCC[N+](C)(C)C)C(C)C)[C@H]1CC[C@H]2[C@@H]3CC[C@@H]4C[C@H](O)CC[C@]4(C)[C@H]3CC[C@]12C. The molecule has 0 aromatic rings. The third kappa shape index (κ3) is 6.51. The summed E-state index contributed by atoms with van der Waals surface area (Å²) in [5.74, 6) is 3.41. The van der Waals surface area contributed by atoms with Crippen LogP contribution in [0.4, 0.5) is 4.79 Å². The van der Waals surface area contributed by atoms with Crippen molar-refractivity contribution >= 4 is 11.8 Å². The van der Waals surface area contributed by atoms with Gasteiger partial charge in [-0.15, -0.1) is 0 Å². The molecule has 224 valence electrons. The molecule has 0 aromatic heterocycles. The van der Waals surface area contributed by atoms with Gasteiger partial charge in [-0.25, -0.2) is 4.79 Å². The maximum Gasteiger partial charge on any atom is 0.436 e. The Morgan fingerprint density at radius 2 is 1.72 bits per heavy atom. The van der Waals surface area contributed by atoms with Crippen LogP contribution in [0.3, 0.4) is 0 Å². The average Bonchev–Trinajstić information content (AvgIpc) is 3.21. The monoisotopic (exact) mass is 547 g/mol. The second-order valence-electron chi connectivity index (χ2n) is 15.4. The maximum atomic E-state index is 13.0. The van der Waals surface area contributed by atoms with Gasteiger partial charge in [0.1, 0.15) is 0 Å². The van der Waals surface area contributed by atoms with Crippen molar-refractivity contribution in [1.29, 1.82) is 0 Å². The van der Waals surface area contributed by atoms with E-state index in [0.717, 1.165) is 66.8 Å². The third-order valence-corrected chi connectivity index (χ3v) is 11.8. The van der Waals surface area contributed by atoms with Gasteiger partial charge in [0.05, 0.1) is 39.5 Å². The Balaban J connectivity index is 1.35. The van der Waals surface area contributed by atoms with Crippen LogP contribution in [0.15, 0.2) is 5.16 Å². The number of hydrogen-bond donors (Lipinski definition) is 2. The number of hydrogen-bond acceptors (Lipinski definition) is 5. The Hall–Kier alpha value is -1.18. The quantitative estimate of drug-likeness (QED) is 0.131. The number of likely N-dealkylation sites (N-methyl/N-ethyl adjacent to an activating group) is 1. The Bertz CT molecular complexity index is 885. The molecule has 4 rings (SSSR count). The Labute approximate surface area is 238 Å². The van der Waals surface area contributed by atoms with Crippen molar-refractivity contribution in [3.05, 3.63) is 0 Å². The van der Waals surface area contributed by atoms with Crippen molar-refractivity contribution in [3.8, 4) is 0 Å². The molecule has 4 saturated carbocycles. The van der Waals surface area contributed by atoms with E-state index in [-0.39, 0.29) is 23.7 Å². The molecule has 0 unspecified atom stereocenters. The van der Waals surface area contributed by atoms with Crippen molar-refractivity contribution in [3.63, 3.8) is 0 Å². The van der Waals surface area contributed by atoms with E-state index in [2.05, 4.69) is 52.4 Å². The normalized spacial score (nSPS) is 38.7. The summed E-state index contributed by atoms with van der Waals surface area (Å²) >= 11 is 0. The van der Waals surface area contributed by atoms with Crippen LogP contribution in [0.1, 0.15) is 92.4 Å². The van der Waals surface area contributed by atoms with Crippen LogP contribution in [0, 0.1) is 40.4 Å². The van der Waals surface area contributed by atoms with Gasteiger partial charge in [-0.1, -0.05) is 19.0 Å². The van der Waals surface area contributed by atoms with Gasteiger partial charge in [0, 0.05) is 31.6 Å². The molecule has 0 aromatic carbocycles. The van der Waals surface area contributed by atoms with Crippen LogP contribution < -0.4 is 5.32 Å². The van der Waals surface area contributed by atoms with Crippen molar-refractivity contribution in [2.75, 3.05) is 47.3 Å². The summed E-state index contributed by atoms with van der Waals surface area (Å²) in [5.41, 5.74) is 1.64. The van der Waals surface area contributed by atoms with E-state index in [1.54, 1.807) is 4.90 Å². The lowest BCUT2D eigenvalue weighted by molar-refractivity contribution is -0.869. The summed E-state index contributed by atoms with van der Waals surface area (Å²) in [6.07, 6.45) is 10.3. The first-order chi connectivity index (χ1) is 18.3. The summed E-state index contributed by atoms with van der Waals surface area (Å²) in [6.45, 7) is 14.6. The van der Waals surface area contributed by atoms with E-state index < -0.39 is 0 Å². The first-order valence-electron chi connectivity index (χ1n) is 16.0. The van der Waals surface area contributed by atoms with Crippen LogP contribution in [-0.2, 0) is 4.84 Å².